The summed E-state index contributed by atoms with van der Waals surface area (Å²) in [5.41, 5.74) is -24.2. The second-order valence-electron chi connectivity index (χ2n) is 10.8. The Labute approximate surface area is 271 Å². The van der Waals surface area contributed by atoms with Crippen molar-refractivity contribution < 1.29 is 52.7 Å². The standard InChI is InChI=1S/C32H8F12N6/c1-31(8-50)29(42)28(41)19(32(2,44)30(31)43)11(5-47)16-14(9(3-45)17-24(37)20(33)12(6-48)21(34)25(17)38)15(16)10(4-46)18-26(39)22(35)13(7-49)23(36)27(18)40/h19,30H,1-2H3/b14-9-,15-10+,16-11?. The number of nitrogens with zero attached hydrogens (tertiary/aromatic N) is 6. The number of nitriles is 6. The van der Waals surface area contributed by atoms with Gasteiger partial charge in [0.25, 0.3) is 0 Å². The van der Waals surface area contributed by atoms with Gasteiger partial charge in [0.2, 0.25) is 0 Å². The first kappa shape index (κ1) is 36.3. The van der Waals surface area contributed by atoms with E-state index in [2.05, 4.69) is 0 Å². The maximum atomic E-state index is 16.1. The molecule has 0 radical (unpaired) electrons. The third-order valence-corrected chi connectivity index (χ3v) is 8.06. The van der Waals surface area contributed by atoms with Crippen LogP contribution in [0.2, 0.25) is 0 Å². The van der Waals surface area contributed by atoms with E-state index in [0.717, 1.165) is 36.4 Å². The van der Waals surface area contributed by atoms with E-state index in [1.807, 2.05) is 0 Å². The average Bonchev–Trinajstić information content (AvgIpc) is 3.81. The van der Waals surface area contributed by atoms with Crippen molar-refractivity contribution in [1.82, 2.24) is 0 Å². The van der Waals surface area contributed by atoms with E-state index in [9.17, 15) is 38.6 Å². The van der Waals surface area contributed by atoms with Gasteiger partial charge in [0.1, 0.15) is 46.6 Å². The van der Waals surface area contributed by atoms with E-state index in [0.29, 0.717) is 6.92 Å². The lowest BCUT2D eigenvalue weighted by atomic mass is 9.65. The molecule has 2 aliphatic carbocycles. The van der Waals surface area contributed by atoms with Crippen molar-refractivity contribution in [2.75, 3.05) is 0 Å². The highest BCUT2D eigenvalue weighted by Crippen LogP contribution is 2.61. The van der Waals surface area contributed by atoms with Gasteiger partial charge in [-0.1, -0.05) is 0 Å². The van der Waals surface area contributed by atoms with Gasteiger partial charge in [0.15, 0.2) is 64.2 Å². The molecule has 18 heteroatoms. The van der Waals surface area contributed by atoms with Gasteiger partial charge in [-0.25, -0.2) is 52.7 Å². The summed E-state index contributed by atoms with van der Waals surface area (Å²) in [7, 11) is 0. The molecule has 2 aromatic rings. The van der Waals surface area contributed by atoms with Crippen LogP contribution in [0.3, 0.4) is 0 Å². The zero-order valence-corrected chi connectivity index (χ0v) is 24.4. The molecule has 0 spiro atoms. The van der Waals surface area contributed by atoms with Crippen LogP contribution < -0.4 is 0 Å². The lowest BCUT2D eigenvalue weighted by Gasteiger charge is -2.42. The van der Waals surface area contributed by atoms with Crippen molar-refractivity contribution in [2.24, 2.45) is 11.3 Å². The van der Waals surface area contributed by atoms with Gasteiger partial charge in [-0.05, 0) is 13.8 Å². The summed E-state index contributed by atoms with van der Waals surface area (Å²) >= 11 is 0. The third-order valence-electron chi connectivity index (χ3n) is 8.06. The van der Waals surface area contributed by atoms with Crippen molar-refractivity contribution in [3.8, 4) is 36.4 Å². The molecule has 250 valence electrons. The second kappa shape index (κ2) is 12.2. The zero-order valence-electron chi connectivity index (χ0n) is 24.4. The number of halogens is 12. The second-order valence-corrected chi connectivity index (χ2v) is 10.8. The van der Waals surface area contributed by atoms with E-state index in [4.69, 9.17) is 10.5 Å². The maximum Gasteiger partial charge on any atom is 0.180 e. The third kappa shape index (κ3) is 4.69. The van der Waals surface area contributed by atoms with Gasteiger partial charge in [-0.15, -0.1) is 0 Å². The molecule has 0 N–H and O–H groups in total. The van der Waals surface area contributed by atoms with Crippen LogP contribution >= 0.6 is 0 Å². The van der Waals surface area contributed by atoms with Gasteiger partial charge in [-0.3, -0.25) is 0 Å². The largest absolute Gasteiger partial charge is 0.242 e. The number of hydrogen-bond acceptors (Lipinski definition) is 6. The van der Waals surface area contributed by atoms with Crippen LogP contribution in [-0.4, -0.2) is 11.8 Å². The van der Waals surface area contributed by atoms with Crippen LogP contribution in [0.15, 0.2) is 33.9 Å². The number of allylic oxidation sites excluding steroid dienone is 8. The van der Waals surface area contributed by atoms with Crippen molar-refractivity contribution in [1.29, 1.82) is 31.6 Å². The number of rotatable bonds is 3. The highest BCUT2D eigenvalue weighted by Gasteiger charge is 2.63. The molecule has 2 aromatic carbocycles. The van der Waals surface area contributed by atoms with E-state index in [1.165, 1.54) is 0 Å². The first-order valence-corrected chi connectivity index (χ1v) is 13.1. The van der Waals surface area contributed by atoms with Gasteiger partial charge in [0, 0.05) is 16.7 Å². The molecular weight excluding hydrogens is 696 g/mol. The maximum absolute atomic E-state index is 16.1. The quantitative estimate of drug-likeness (QED) is 0.180. The Bertz CT molecular complexity index is 2190. The minimum absolute atomic E-state index is 0.211. The summed E-state index contributed by atoms with van der Waals surface area (Å²) in [5, 5.41) is 56.9. The van der Waals surface area contributed by atoms with E-state index < -0.39 is 137 Å². The number of alkyl halides is 2. The Morgan fingerprint density at radius 2 is 0.920 bits per heavy atom. The Hall–Kier alpha value is -6.50. The summed E-state index contributed by atoms with van der Waals surface area (Å²) in [5.74, 6) is -27.6. The van der Waals surface area contributed by atoms with Gasteiger partial charge < -0.3 is 0 Å². The molecule has 4 atom stereocenters. The molecule has 0 heterocycles. The van der Waals surface area contributed by atoms with Gasteiger partial charge in [-0.2, -0.15) is 31.6 Å². The number of hydrogen-bond donors (Lipinski definition) is 0. The Balaban J connectivity index is 2.35. The van der Waals surface area contributed by atoms with Crippen molar-refractivity contribution in [3.05, 3.63) is 103 Å². The van der Waals surface area contributed by atoms with Crippen LogP contribution in [0.4, 0.5) is 52.7 Å². The predicted molar refractivity (Wildman–Crippen MR) is 141 cm³/mol. The lowest BCUT2D eigenvalue weighted by Crippen LogP contribution is -2.53. The van der Waals surface area contributed by atoms with Gasteiger partial charge >= 0.3 is 0 Å². The molecule has 1 fully saturated rings. The number of benzene rings is 2. The average molecular weight is 704 g/mol. The molecule has 50 heavy (non-hydrogen) atoms. The normalized spacial score (nSPS) is 25.7. The SMILES string of the molecule is CC1(C#N)C(F)=C(F)C(C(C#N)=C2C(=C(/C#N)c3c(F)c(F)c(C#N)c(F)c3F)/C2=C(/C#N)c2c(F)c(F)c(C#N)c(F)c2F)C(C)(F)C1F. The van der Waals surface area contributed by atoms with Gasteiger partial charge in [0.05, 0.1) is 45.9 Å². The highest BCUT2D eigenvalue weighted by molar-refractivity contribution is 6.07. The summed E-state index contributed by atoms with van der Waals surface area (Å²) in [4.78, 5) is 0. The van der Waals surface area contributed by atoms with E-state index in [1.54, 1.807) is 0 Å². The molecule has 0 bridgehead atoms. The lowest BCUT2D eigenvalue weighted by molar-refractivity contribution is -0.0348. The molecular formula is C32H8F12N6. The topological polar surface area (TPSA) is 143 Å². The van der Waals surface area contributed by atoms with Crippen molar-refractivity contribution >= 4 is 11.1 Å². The molecule has 4 unspecified atom stereocenters. The molecule has 0 amide bonds. The minimum Gasteiger partial charge on any atom is -0.242 e. The summed E-state index contributed by atoms with van der Waals surface area (Å²) in [6.45, 7) is 0.636. The summed E-state index contributed by atoms with van der Waals surface area (Å²) in [6.07, 6.45) is -3.34. The first-order valence-electron chi connectivity index (χ1n) is 13.1. The molecule has 6 nitrogen and oxygen atoms in total. The van der Waals surface area contributed by atoms with Crippen molar-refractivity contribution in [3.63, 3.8) is 0 Å². The Kier molecular flexibility index (Phi) is 8.86. The van der Waals surface area contributed by atoms with Crippen LogP contribution in [0, 0.1) is 126 Å². The van der Waals surface area contributed by atoms with E-state index >= 15 is 35.1 Å². The monoisotopic (exact) mass is 704 g/mol. The van der Waals surface area contributed by atoms with Crippen LogP contribution in [0.25, 0.3) is 11.1 Å². The first-order chi connectivity index (χ1) is 23.3. The Morgan fingerprint density at radius 3 is 1.20 bits per heavy atom. The molecule has 0 aromatic heterocycles. The molecule has 2 aliphatic rings. The summed E-state index contributed by atoms with van der Waals surface area (Å²) in [6, 6.07) is 5.65. The molecule has 1 saturated carbocycles. The molecule has 0 aliphatic heterocycles. The minimum atomic E-state index is -3.85. The van der Waals surface area contributed by atoms with Crippen LogP contribution in [-0.2, 0) is 0 Å². The van der Waals surface area contributed by atoms with E-state index in [-0.39, 0.29) is 6.92 Å². The zero-order chi connectivity index (χ0) is 37.9. The van der Waals surface area contributed by atoms with Crippen LogP contribution in [0.5, 0.6) is 0 Å². The highest BCUT2D eigenvalue weighted by atomic mass is 19.2. The fraction of sp³-hybridized carbons (Fsp3) is 0.188. The summed E-state index contributed by atoms with van der Waals surface area (Å²) < 4.78 is 181. The smallest absolute Gasteiger partial charge is 0.180 e. The Morgan fingerprint density at radius 1 is 0.560 bits per heavy atom. The fourth-order valence-electron chi connectivity index (χ4n) is 5.55. The predicted octanol–water partition coefficient (Wildman–Crippen LogP) is 8.01. The molecule has 4 rings (SSSR count). The fourth-order valence-corrected chi connectivity index (χ4v) is 5.55. The van der Waals surface area contributed by atoms with Crippen LogP contribution in [0.1, 0.15) is 36.1 Å². The van der Waals surface area contributed by atoms with Crippen molar-refractivity contribution in [2.45, 2.75) is 25.7 Å². The molecule has 0 saturated heterocycles.